The number of rotatable bonds is 6. The number of carbonyl (C=O) groups excluding carboxylic acids is 3. The van der Waals surface area contributed by atoms with Gasteiger partial charge in [0.1, 0.15) is 17.1 Å². The van der Waals surface area contributed by atoms with Crippen LogP contribution in [0.5, 0.6) is 0 Å². The highest BCUT2D eigenvalue weighted by atomic mass is 16.5. The standard InChI is InChI=1S/C18H22N4O7/c1-6-28-17(26)13-8(2)11(9(3)20-13)16(25)29-7-10(23)12-14(19)21(4)18(27)22(5)15(12)24/h20H,6-7,19H2,1-5H3. The van der Waals surface area contributed by atoms with Crippen molar-refractivity contribution in [3.05, 3.63) is 48.9 Å². The molecule has 2 rings (SSSR count). The molecule has 2 aromatic heterocycles. The third-order valence-electron chi connectivity index (χ3n) is 4.44. The predicted molar refractivity (Wildman–Crippen MR) is 102 cm³/mol. The van der Waals surface area contributed by atoms with Gasteiger partial charge in [-0.3, -0.25) is 18.7 Å². The fourth-order valence-electron chi connectivity index (χ4n) is 2.86. The Hall–Kier alpha value is -3.63. The van der Waals surface area contributed by atoms with Gasteiger partial charge in [-0.2, -0.15) is 0 Å². The minimum absolute atomic E-state index is 0.0854. The van der Waals surface area contributed by atoms with E-state index < -0.39 is 41.1 Å². The summed E-state index contributed by atoms with van der Waals surface area (Å²) >= 11 is 0. The zero-order valence-corrected chi connectivity index (χ0v) is 16.7. The Morgan fingerprint density at radius 1 is 1.00 bits per heavy atom. The van der Waals surface area contributed by atoms with Crippen LogP contribution in [0.25, 0.3) is 0 Å². The van der Waals surface area contributed by atoms with Gasteiger partial charge in [0.05, 0.1) is 12.2 Å². The number of ether oxygens (including phenoxy) is 2. The van der Waals surface area contributed by atoms with E-state index in [0.29, 0.717) is 11.3 Å². The average Bonchev–Trinajstić information content (AvgIpc) is 2.97. The Morgan fingerprint density at radius 3 is 2.21 bits per heavy atom. The smallest absolute Gasteiger partial charge is 0.355 e. The Kier molecular flexibility index (Phi) is 6.10. The molecule has 11 heteroatoms. The van der Waals surface area contributed by atoms with Gasteiger partial charge in [0.25, 0.3) is 5.56 Å². The van der Waals surface area contributed by atoms with Crippen LogP contribution in [0.3, 0.4) is 0 Å². The van der Waals surface area contributed by atoms with Gasteiger partial charge in [0, 0.05) is 19.8 Å². The number of Topliss-reactive ketones (excluding diaryl/α,β-unsaturated/α-hetero) is 1. The Bertz CT molecular complexity index is 1120. The molecule has 156 valence electrons. The molecule has 0 aliphatic heterocycles. The van der Waals surface area contributed by atoms with Crippen LogP contribution in [0, 0.1) is 13.8 Å². The zero-order chi connectivity index (χ0) is 22.0. The van der Waals surface area contributed by atoms with Crippen LogP contribution < -0.4 is 17.0 Å². The molecule has 0 saturated carbocycles. The first kappa shape index (κ1) is 21.7. The molecule has 29 heavy (non-hydrogen) atoms. The number of ketones is 1. The maximum absolute atomic E-state index is 12.5. The van der Waals surface area contributed by atoms with E-state index in [0.717, 1.165) is 9.13 Å². The van der Waals surface area contributed by atoms with E-state index >= 15 is 0 Å². The number of aromatic amines is 1. The number of carbonyl (C=O) groups is 3. The molecule has 11 nitrogen and oxygen atoms in total. The number of esters is 2. The maximum atomic E-state index is 12.5. The summed E-state index contributed by atoms with van der Waals surface area (Å²) < 4.78 is 11.6. The van der Waals surface area contributed by atoms with Crippen LogP contribution >= 0.6 is 0 Å². The third-order valence-corrected chi connectivity index (χ3v) is 4.44. The largest absolute Gasteiger partial charge is 0.461 e. The zero-order valence-electron chi connectivity index (χ0n) is 16.7. The number of nitrogen functional groups attached to an aromatic ring is 1. The topological polar surface area (TPSA) is 155 Å². The molecule has 0 fully saturated rings. The second-order valence-corrected chi connectivity index (χ2v) is 6.31. The van der Waals surface area contributed by atoms with Gasteiger partial charge in [0.15, 0.2) is 6.61 Å². The highest BCUT2D eigenvalue weighted by Gasteiger charge is 2.26. The second kappa shape index (κ2) is 8.17. The highest BCUT2D eigenvalue weighted by Crippen LogP contribution is 2.20. The number of aryl methyl sites for hydroxylation is 1. The van der Waals surface area contributed by atoms with E-state index in [-0.39, 0.29) is 23.7 Å². The van der Waals surface area contributed by atoms with Gasteiger partial charge in [-0.15, -0.1) is 0 Å². The van der Waals surface area contributed by atoms with E-state index in [2.05, 4.69) is 4.98 Å². The molecule has 0 spiro atoms. The minimum atomic E-state index is -0.884. The molecule has 2 heterocycles. The van der Waals surface area contributed by atoms with Crippen LogP contribution in [0.2, 0.25) is 0 Å². The number of hydrogen-bond donors (Lipinski definition) is 2. The van der Waals surface area contributed by atoms with Gasteiger partial charge in [0.2, 0.25) is 5.78 Å². The van der Waals surface area contributed by atoms with Crippen molar-refractivity contribution in [2.45, 2.75) is 20.8 Å². The fourth-order valence-corrected chi connectivity index (χ4v) is 2.86. The lowest BCUT2D eigenvalue weighted by atomic mass is 10.1. The molecule has 0 aliphatic carbocycles. The Morgan fingerprint density at radius 2 is 1.62 bits per heavy atom. The highest BCUT2D eigenvalue weighted by molar-refractivity contribution is 6.03. The number of hydrogen-bond acceptors (Lipinski definition) is 8. The molecule has 0 amide bonds. The van der Waals surface area contributed by atoms with Crippen molar-refractivity contribution in [2.75, 3.05) is 18.9 Å². The first-order chi connectivity index (χ1) is 13.5. The third kappa shape index (κ3) is 3.84. The summed E-state index contributed by atoms with van der Waals surface area (Å²) in [5, 5.41) is 0. The molecule has 0 aromatic carbocycles. The molecule has 0 unspecified atom stereocenters. The molecule has 0 bridgehead atoms. The number of anilines is 1. The Labute approximate surface area is 165 Å². The summed E-state index contributed by atoms with van der Waals surface area (Å²) in [7, 11) is 2.51. The van der Waals surface area contributed by atoms with Crippen LogP contribution in [-0.2, 0) is 23.6 Å². The van der Waals surface area contributed by atoms with Crippen molar-refractivity contribution in [2.24, 2.45) is 14.1 Å². The molecular weight excluding hydrogens is 384 g/mol. The molecule has 0 saturated heterocycles. The van der Waals surface area contributed by atoms with Crippen molar-refractivity contribution in [1.82, 2.24) is 14.1 Å². The van der Waals surface area contributed by atoms with Gasteiger partial charge in [-0.05, 0) is 26.3 Å². The summed E-state index contributed by atoms with van der Waals surface area (Å²) in [5.41, 5.74) is 4.57. The van der Waals surface area contributed by atoms with E-state index in [4.69, 9.17) is 15.2 Å². The van der Waals surface area contributed by atoms with Crippen molar-refractivity contribution < 1.29 is 23.9 Å². The second-order valence-electron chi connectivity index (χ2n) is 6.31. The number of nitrogens with zero attached hydrogens (tertiary/aromatic N) is 2. The predicted octanol–water partition coefficient (Wildman–Crippen LogP) is -0.172. The first-order valence-electron chi connectivity index (χ1n) is 8.64. The van der Waals surface area contributed by atoms with Crippen molar-refractivity contribution >= 4 is 23.5 Å². The van der Waals surface area contributed by atoms with E-state index in [1.807, 2.05) is 0 Å². The normalized spacial score (nSPS) is 10.7. The lowest BCUT2D eigenvalue weighted by Gasteiger charge is -2.11. The summed E-state index contributed by atoms with van der Waals surface area (Å²) in [6, 6.07) is 0. The van der Waals surface area contributed by atoms with E-state index in [9.17, 15) is 24.0 Å². The lowest BCUT2D eigenvalue weighted by Crippen LogP contribution is -2.42. The van der Waals surface area contributed by atoms with Crippen molar-refractivity contribution in [3.63, 3.8) is 0 Å². The van der Waals surface area contributed by atoms with E-state index in [1.165, 1.54) is 21.0 Å². The maximum Gasteiger partial charge on any atom is 0.355 e. The van der Waals surface area contributed by atoms with Crippen LogP contribution in [0.1, 0.15) is 49.4 Å². The van der Waals surface area contributed by atoms with Crippen LogP contribution in [0.4, 0.5) is 5.82 Å². The fraction of sp³-hybridized carbons (Fsp3) is 0.389. The minimum Gasteiger partial charge on any atom is -0.461 e. The van der Waals surface area contributed by atoms with Crippen molar-refractivity contribution in [3.8, 4) is 0 Å². The quantitative estimate of drug-likeness (QED) is 0.495. The number of nitrogens with two attached hydrogens (primary N) is 1. The summed E-state index contributed by atoms with van der Waals surface area (Å²) in [6.45, 7) is 4.15. The summed E-state index contributed by atoms with van der Waals surface area (Å²) in [4.78, 5) is 63.6. The van der Waals surface area contributed by atoms with Crippen LogP contribution in [0.15, 0.2) is 9.59 Å². The molecule has 2 aromatic rings. The number of H-pyrrole nitrogens is 1. The van der Waals surface area contributed by atoms with E-state index in [1.54, 1.807) is 13.8 Å². The van der Waals surface area contributed by atoms with Gasteiger partial charge in [-0.25, -0.2) is 14.4 Å². The summed E-state index contributed by atoms with van der Waals surface area (Å²) in [5.74, 6) is -2.66. The lowest BCUT2D eigenvalue weighted by molar-refractivity contribution is 0.0473. The monoisotopic (exact) mass is 406 g/mol. The summed E-state index contributed by atoms with van der Waals surface area (Å²) in [6.07, 6.45) is 0. The molecule has 0 atom stereocenters. The SMILES string of the molecule is CCOC(=O)c1[nH]c(C)c(C(=O)OCC(=O)c2c(N)n(C)c(=O)n(C)c2=O)c1C. The van der Waals surface area contributed by atoms with Gasteiger partial charge in [-0.1, -0.05) is 0 Å². The average molecular weight is 406 g/mol. The molecule has 0 aliphatic rings. The Balaban J connectivity index is 2.27. The number of nitrogens with one attached hydrogen (secondary N) is 1. The van der Waals surface area contributed by atoms with Crippen LogP contribution in [-0.4, -0.2) is 45.1 Å². The number of aromatic nitrogens is 3. The first-order valence-corrected chi connectivity index (χ1v) is 8.64. The van der Waals surface area contributed by atoms with Crippen molar-refractivity contribution in [1.29, 1.82) is 0 Å². The van der Waals surface area contributed by atoms with Gasteiger partial charge >= 0.3 is 17.6 Å². The molecular formula is C18H22N4O7. The molecule has 3 N–H and O–H groups in total. The van der Waals surface area contributed by atoms with Gasteiger partial charge < -0.3 is 20.2 Å². The molecule has 0 radical (unpaired) electrons.